The Hall–Kier alpha value is -2.60. The van der Waals surface area contributed by atoms with Crippen molar-refractivity contribution in [1.82, 2.24) is 14.9 Å². The maximum Gasteiger partial charge on any atom is 0.261 e. The van der Waals surface area contributed by atoms with E-state index in [0.717, 1.165) is 19.3 Å². The van der Waals surface area contributed by atoms with Gasteiger partial charge in [0.2, 0.25) is 5.91 Å². The molecule has 0 spiro atoms. The molecule has 1 amide bonds. The van der Waals surface area contributed by atoms with Gasteiger partial charge in [-0.15, -0.1) is 0 Å². The average Bonchev–Trinajstić information content (AvgIpc) is 2.70. The van der Waals surface area contributed by atoms with Gasteiger partial charge >= 0.3 is 0 Å². The van der Waals surface area contributed by atoms with Gasteiger partial charge in [-0.05, 0) is 42.5 Å². The number of nitrogens with zero attached hydrogens (tertiary/aromatic N) is 2. The lowest BCUT2D eigenvalue weighted by Gasteiger charge is -2.26. The molecule has 1 atom stereocenters. The average molecular weight is 379 g/mol. The number of hydrogen-bond donors (Lipinski definition) is 1. The van der Waals surface area contributed by atoms with Crippen LogP contribution in [0, 0.1) is 0 Å². The molecular formula is C21H21N3O2S. The number of nitrogens with one attached hydrogen (secondary N) is 1. The van der Waals surface area contributed by atoms with Crippen molar-refractivity contribution in [3.63, 3.8) is 0 Å². The molecule has 0 saturated carbocycles. The fourth-order valence-corrected chi connectivity index (χ4v) is 4.38. The minimum absolute atomic E-state index is 0.0379. The van der Waals surface area contributed by atoms with Gasteiger partial charge in [0, 0.05) is 7.05 Å². The maximum absolute atomic E-state index is 12.5. The highest BCUT2D eigenvalue weighted by molar-refractivity contribution is 7.99. The van der Waals surface area contributed by atoms with Gasteiger partial charge in [-0.2, -0.15) is 0 Å². The highest BCUT2D eigenvalue weighted by Gasteiger charge is 2.21. The molecule has 1 aliphatic rings. The summed E-state index contributed by atoms with van der Waals surface area (Å²) in [6, 6.07) is 15.6. The number of fused-ring (bicyclic) bond motifs is 2. The lowest BCUT2D eigenvalue weighted by atomic mass is 9.88. The fraction of sp³-hybridized carbons (Fsp3) is 0.286. The van der Waals surface area contributed by atoms with Crippen LogP contribution < -0.4 is 10.9 Å². The maximum atomic E-state index is 12.5. The van der Waals surface area contributed by atoms with E-state index >= 15 is 0 Å². The van der Waals surface area contributed by atoms with Crippen LogP contribution in [-0.4, -0.2) is 21.2 Å². The number of carbonyl (C=O) groups is 1. The SMILES string of the molecule is Cn1c(SCC(=O)NC2CCCc3ccccc32)nc2ccccc2c1=O. The highest BCUT2D eigenvalue weighted by Crippen LogP contribution is 2.29. The Balaban J connectivity index is 1.47. The predicted octanol–water partition coefficient (Wildman–Crippen LogP) is 3.22. The molecule has 5 nitrogen and oxygen atoms in total. The Morgan fingerprint density at radius 1 is 1.22 bits per heavy atom. The van der Waals surface area contributed by atoms with E-state index in [1.165, 1.54) is 27.5 Å². The zero-order valence-electron chi connectivity index (χ0n) is 15.1. The molecule has 0 bridgehead atoms. The molecule has 0 fully saturated rings. The van der Waals surface area contributed by atoms with Crippen molar-refractivity contribution < 1.29 is 4.79 Å². The second-order valence-corrected chi connectivity index (χ2v) is 7.72. The molecule has 1 aromatic heterocycles. The van der Waals surface area contributed by atoms with Gasteiger partial charge in [0.15, 0.2) is 5.16 Å². The van der Waals surface area contributed by atoms with Crippen molar-refractivity contribution in [3.8, 4) is 0 Å². The summed E-state index contributed by atoms with van der Waals surface area (Å²) in [6.45, 7) is 0. The van der Waals surface area contributed by atoms with Crippen molar-refractivity contribution in [3.05, 3.63) is 70.0 Å². The van der Waals surface area contributed by atoms with E-state index in [-0.39, 0.29) is 23.3 Å². The van der Waals surface area contributed by atoms with E-state index in [1.54, 1.807) is 13.1 Å². The predicted molar refractivity (Wildman–Crippen MR) is 108 cm³/mol. The quantitative estimate of drug-likeness (QED) is 0.558. The van der Waals surface area contributed by atoms with Crippen molar-refractivity contribution in [2.24, 2.45) is 7.05 Å². The monoisotopic (exact) mass is 379 g/mol. The van der Waals surface area contributed by atoms with Gasteiger partial charge < -0.3 is 5.32 Å². The number of carbonyl (C=O) groups excluding carboxylic acids is 1. The number of aromatic nitrogens is 2. The topological polar surface area (TPSA) is 64.0 Å². The van der Waals surface area contributed by atoms with Crippen molar-refractivity contribution >= 4 is 28.6 Å². The molecule has 0 saturated heterocycles. The molecule has 0 aliphatic heterocycles. The van der Waals surface area contributed by atoms with Crippen LogP contribution in [0.4, 0.5) is 0 Å². The largest absolute Gasteiger partial charge is 0.349 e. The fourth-order valence-electron chi connectivity index (χ4n) is 3.60. The third kappa shape index (κ3) is 3.62. The first-order chi connectivity index (χ1) is 13.1. The van der Waals surface area contributed by atoms with E-state index in [9.17, 15) is 9.59 Å². The van der Waals surface area contributed by atoms with Gasteiger partial charge in [-0.3, -0.25) is 14.2 Å². The highest BCUT2D eigenvalue weighted by atomic mass is 32.2. The Morgan fingerprint density at radius 2 is 2.00 bits per heavy atom. The first kappa shape index (κ1) is 17.8. The lowest BCUT2D eigenvalue weighted by molar-refractivity contribution is -0.119. The molecule has 1 N–H and O–H groups in total. The number of rotatable bonds is 4. The van der Waals surface area contributed by atoms with Crippen molar-refractivity contribution in [2.75, 3.05) is 5.75 Å². The molecule has 0 radical (unpaired) electrons. The first-order valence-corrected chi connectivity index (χ1v) is 10.1. The van der Waals surface area contributed by atoms with Crippen molar-refractivity contribution in [2.45, 2.75) is 30.5 Å². The Morgan fingerprint density at radius 3 is 2.89 bits per heavy atom. The number of amides is 1. The summed E-state index contributed by atoms with van der Waals surface area (Å²) in [5, 5.41) is 4.29. The van der Waals surface area contributed by atoms with Gasteiger partial charge in [0.05, 0.1) is 22.7 Å². The summed E-state index contributed by atoms with van der Waals surface area (Å²) in [6.07, 6.45) is 3.11. The smallest absolute Gasteiger partial charge is 0.261 e. The van der Waals surface area contributed by atoms with Gasteiger partial charge in [0.25, 0.3) is 5.56 Å². The summed E-state index contributed by atoms with van der Waals surface area (Å²) in [7, 11) is 1.69. The number of benzene rings is 2. The van der Waals surface area contributed by atoms with Gasteiger partial charge in [-0.1, -0.05) is 48.2 Å². The zero-order valence-corrected chi connectivity index (χ0v) is 16.0. The molecule has 2 aromatic carbocycles. The lowest BCUT2D eigenvalue weighted by Crippen LogP contribution is -2.32. The molecule has 4 rings (SSSR count). The van der Waals surface area contributed by atoms with Crippen LogP contribution in [0.15, 0.2) is 58.5 Å². The standard InChI is InChI=1S/C21H21N3O2S/c1-24-20(26)16-10-4-5-11-18(16)23-21(24)27-13-19(25)22-17-12-6-8-14-7-2-3-9-15(14)17/h2-5,7,9-11,17H,6,8,12-13H2,1H3,(H,22,25). The van der Waals surface area contributed by atoms with E-state index in [0.29, 0.717) is 16.1 Å². The Kier molecular flexibility index (Phi) is 4.99. The van der Waals surface area contributed by atoms with E-state index in [2.05, 4.69) is 22.4 Å². The molecule has 6 heteroatoms. The summed E-state index contributed by atoms with van der Waals surface area (Å²) in [4.78, 5) is 29.5. The minimum atomic E-state index is -0.0929. The normalized spacial score (nSPS) is 16.1. The summed E-state index contributed by atoms with van der Waals surface area (Å²) >= 11 is 1.29. The minimum Gasteiger partial charge on any atom is -0.349 e. The number of thioether (sulfide) groups is 1. The van der Waals surface area contributed by atoms with Crippen LogP contribution in [0.3, 0.4) is 0 Å². The number of aryl methyl sites for hydroxylation is 1. The van der Waals surface area contributed by atoms with Crippen LogP contribution in [0.2, 0.25) is 0 Å². The van der Waals surface area contributed by atoms with E-state index in [4.69, 9.17) is 0 Å². The van der Waals surface area contributed by atoms with Crippen LogP contribution in [0.5, 0.6) is 0 Å². The summed E-state index contributed by atoms with van der Waals surface area (Å²) < 4.78 is 1.51. The molecule has 1 aliphatic carbocycles. The van der Waals surface area contributed by atoms with Crippen LogP contribution >= 0.6 is 11.8 Å². The van der Waals surface area contributed by atoms with Crippen molar-refractivity contribution in [1.29, 1.82) is 0 Å². The van der Waals surface area contributed by atoms with E-state index in [1.807, 2.05) is 30.3 Å². The van der Waals surface area contributed by atoms with Crippen LogP contribution in [0.25, 0.3) is 10.9 Å². The summed E-state index contributed by atoms with van der Waals surface area (Å²) in [5.41, 5.74) is 3.10. The second-order valence-electron chi connectivity index (χ2n) is 6.78. The van der Waals surface area contributed by atoms with Gasteiger partial charge in [0.1, 0.15) is 0 Å². The number of para-hydroxylation sites is 1. The molecule has 1 unspecified atom stereocenters. The van der Waals surface area contributed by atoms with Gasteiger partial charge in [-0.25, -0.2) is 4.98 Å². The first-order valence-electron chi connectivity index (χ1n) is 9.09. The van der Waals surface area contributed by atoms with E-state index < -0.39 is 0 Å². The molecule has 138 valence electrons. The molecule has 27 heavy (non-hydrogen) atoms. The summed E-state index contributed by atoms with van der Waals surface area (Å²) in [5.74, 6) is 0.196. The zero-order chi connectivity index (χ0) is 18.8. The number of hydrogen-bond acceptors (Lipinski definition) is 4. The third-order valence-corrected chi connectivity index (χ3v) is 6.01. The van der Waals surface area contributed by atoms with Crippen LogP contribution in [-0.2, 0) is 18.3 Å². The molecule has 1 heterocycles. The second kappa shape index (κ2) is 7.56. The Labute approximate surface area is 161 Å². The molecule has 3 aromatic rings. The Bertz CT molecular complexity index is 1060. The van der Waals surface area contributed by atoms with Crippen LogP contribution in [0.1, 0.15) is 30.0 Å². The molecular weight excluding hydrogens is 358 g/mol. The third-order valence-electron chi connectivity index (χ3n) is 4.98.